The molecule has 0 saturated carbocycles. The van der Waals surface area contributed by atoms with Crippen LogP contribution < -0.4 is 5.56 Å². The molecule has 0 unspecified atom stereocenters. The molecule has 0 fully saturated rings. The van der Waals surface area contributed by atoms with Gasteiger partial charge in [-0.05, 0) is 32.9 Å². The molecular formula is C25H25N3O3. The Balaban J connectivity index is 1.83. The summed E-state index contributed by atoms with van der Waals surface area (Å²) in [5.74, 6) is 1.76. The van der Waals surface area contributed by atoms with Crippen molar-refractivity contribution in [1.29, 1.82) is 0 Å². The van der Waals surface area contributed by atoms with Crippen LogP contribution in [0.15, 0.2) is 63.8 Å². The van der Waals surface area contributed by atoms with Crippen molar-refractivity contribution in [3.63, 3.8) is 0 Å². The third-order valence-electron chi connectivity index (χ3n) is 5.33. The fourth-order valence-electron chi connectivity index (χ4n) is 3.68. The predicted octanol–water partition coefficient (Wildman–Crippen LogP) is 4.07. The Morgan fingerprint density at radius 1 is 0.968 bits per heavy atom. The molecule has 31 heavy (non-hydrogen) atoms. The molecule has 2 aromatic heterocycles. The summed E-state index contributed by atoms with van der Waals surface area (Å²) in [6.07, 6.45) is 0.263. The highest BCUT2D eigenvalue weighted by atomic mass is 16.4. The largest absolute Gasteiger partial charge is 0.441 e. The van der Waals surface area contributed by atoms with Gasteiger partial charge in [-0.3, -0.25) is 9.36 Å². The zero-order valence-corrected chi connectivity index (χ0v) is 17.9. The average molecular weight is 415 g/mol. The molecule has 1 N–H and O–H groups in total. The van der Waals surface area contributed by atoms with E-state index in [1.165, 1.54) is 0 Å². The summed E-state index contributed by atoms with van der Waals surface area (Å²) in [6, 6.07) is 17.6. The number of hydrogen-bond donors (Lipinski definition) is 1. The Kier molecular flexibility index (Phi) is 5.82. The van der Waals surface area contributed by atoms with Crippen molar-refractivity contribution in [3.05, 3.63) is 93.2 Å². The molecule has 0 radical (unpaired) electrons. The van der Waals surface area contributed by atoms with Crippen LogP contribution in [0.5, 0.6) is 0 Å². The number of aliphatic hydroxyl groups is 1. The second kappa shape index (κ2) is 8.70. The summed E-state index contributed by atoms with van der Waals surface area (Å²) < 4.78 is 7.55. The van der Waals surface area contributed by atoms with Crippen LogP contribution in [-0.4, -0.2) is 26.2 Å². The summed E-state index contributed by atoms with van der Waals surface area (Å²) in [4.78, 5) is 22.8. The minimum atomic E-state index is -0.167. The molecule has 4 aromatic rings. The van der Waals surface area contributed by atoms with Gasteiger partial charge in [-0.1, -0.05) is 48.0 Å². The molecule has 0 bridgehead atoms. The van der Waals surface area contributed by atoms with E-state index in [9.17, 15) is 9.90 Å². The van der Waals surface area contributed by atoms with Gasteiger partial charge in [0.1, 0.15) is 17.3 Å². The molecule has 0 saturated heterocycles. The first-order valence-electron chi connectivity index (χ1n) is 10.3. The lowest BCUT2D eigenvalue weighted by Gasteiger charge is -2.15. The van der Waals surface area contributed by atoms with Crippen LogP contribution in [0.1, 0.15) is 28.3 Å². The monoisotopic (exact) mass is 415 g/mol. The van der Waals surface area contributed by atoms with Crippen LogP contribution in [0.25, 0.3) is 22.8 Å². The van der Waals surface area contributed by atoms with Gasteiger partial charge in [0.15, 0.2) is 0 Å². The Hall–Kier alpha value is -3.51. The molecule has 0 aliphatic heterocycles. The van der Waals surface area contributed by atoms with Gasteiger partial charge in [0.05, 0.1) is 6.54 Å². The number of rotatable bonds is 6. The molecule has 0 amide bonds. The summed E-state index contributed by atoms with van der Waals surface area (Å²) in [5, 5.41) is 9.43. The highest BCUT2D eigenvalue weighted by Gasteiger charge is 2.19. The van der Waals surface area contributed by atoms with Gasteiger partial charge in [0, 0.05) is 35.4 Å². The van der Waals surface area contributed by atoms with E-state index in [1.54, 1.807) is 11.5 Å². The Labute approximate surface area is 180 Å². The second-order valence-electron chi connectivity index (χ2n) is 7.62. The van der Waals surface area contributed by atoms with Crippen LogP contribution in [0.2, 0.25) is 0 Å². The Morgan fingerprint density at radius 2 is 1.71 bits per heavy atom. The van der Waals surface area contributed by atoms with E-state index in [0.717, 1.165) is 16.7 Å². The first kappa shape index (κ1) is 20.8. The number of benzene rings is 2. The SMILES string of the molecule is Cc1cccc(-c2nc(Cn3c(-c4ccccc4)nc(C)c(CCO)c3=O)c(C)o2)c1. The van der Waals surface area contributed by atoms with Crippen molar-refractivity contribution in [3.8, 4) is 22.8 Å². The fraction of sp³-hybridized carbons (Fsp3) is 0.240. The average Bonchev–Trinajstić information content (AvgIpc) is 3.14. The van der Waals surface area contributed by atoms with E-state index in [-0.39, 0.29) is 25.1 Å². The van der Waals surface area contributed by atoms with Gasteiger partial charge in [-0.2, -0.15) is 0 Å². The smallest absolute Gasteiger partial charge is 0.257 e. The van der Waals surface area contributed by atoms with E-state index in [2.05, 4.69) is 4.98 Å². The maximum absolute atomic E-state index is 13.4. The zero-order valence-electron chi connectivity index (χ0n) is 17.9. The normalized spacial score (nSPS) is 11.1. The van der Waals surface area contributed by atoms with Gasteiger partial charge in [-0.15, -0.1) is 0 Å². The summed E-state index contributed by atoms with van der Waals surface area (Å²) in [6.45, 7) is 5.80. The van der Waals surface area contributed by atoms with E-state index < -0.39 is 0 Å². The van der Waals surface area contributed by atoms with Crippen LogP contribution in [0.3, 0.4) is 0 Å². The van der Waals surface area contributed by atoms with E-state index in [4.69, 9.17) is 9.40 Å². The molecule has 2 aromatic carbocycles. The highest BCUT2D eigenvalue weighted by molar-refractivity contribution is 5.57. The van der Waals surface area contributed by atoms with Gasteiger partial charge < -0.3 is 9.52 Å². The Morgan fingerprint density at radius 3 is 2.42 bits per heavy atom. The number of aromatic nitrogens is 3. The molecule has 6 nitrogen and oxygen atoms in total. The van der Waals surface area contributed by atoms with Crippen molar-refractivity contribution in [1.82, 2.24) is 14.5 Å². The maximum Gasteiger partial charge on any atom is 0.257 e. The molecular weight excluding hydrogens is 390 g/mol. The van der Waals surface area contributed by atoms with Crippen molar-refractivity contribution in [2.45, 2.75) is 33.7 Å². The van der Waals surface area contributed by atoms with Gasteiger partial charge in [-0.25, -0.2) is 9.97 Å². The number of hydrogen-bond acceptors (Lipinski definition) is 5. The third-order valence-corrected chi connectivity index (χ3v) is 5.33. The van der Waals surface area contributed by atoms with Gasteiger partial charge in [0.2, 0.25) is 5.89 Å². The lowest BCUT2D eigenvalue weighted by Crippen LogP contribution is -2.29. The second-order valence-corrected chi connectivity index (χ2v) is 7.62. The summed E-state index contributed by atoms with van der Waals surface area (Å²) in [5.41, 5.74) is 4.52. The molecule has 2 heterocycles. The Bertz CT molecular complexity index is 1270. The number of nitrogens with zero attached hydrogens (tertiary/aromatic N) is 3. The molecule has 158 valence electrons. The van der Waals surface area contributed by atoms with Crippen molar-refractivity contribution >= 4 is 0 Å². The first-order chi connectivity index (χ1) is 15.0. The standard InChI is InChI=1S/C25H25N3O3/c1-16-8-7-11-20(14-16)24-27-22(18(3)31-24)15-28-23(19-9-5-4-6-10-19)26-17(2)21(12-13-29)25(28)30/h4-11,14,29H,12-13,15H2,1-3H3. The minimum Gasteiger partial charge on any atom is -0.441 e. The van der Waals surface area contributed by atoms with Gasteiger partial charge in [0.25, 0.3) is 5.56 Å². The predicted molar refractivity (Wildman–Crippen MR) is 120 cm³/mol. The quantitative estimate of drug-likeness (QED) is 0.513. The first-order valence-corrected chi connectivity index (χ1v) is 10.3. The zero-order chi connectivity index (χ0) is 22.0. The van der Waals surface area contributed by atoms with Crippen LogP contribution in [0.4, 0.5) is 0 Å². The van der Waals surface area contributed by atoms with Crippen molar-refractivity contribution in [2.75, 3.05) is 6.61 Å². The van der Waals surface area contributed by atoms with Crippen LogP contribution >= 0.6 is 0 Å². The number of aliphatic hydroxyl groups excluding tert-OH is 1. The topological polar surface area (TPSA) is 81.1 Å². The molecule has 0 aliphatic carbocycles. The molecule has 0 aliphatic rings. The number of aryl methyl sites for hydroxylation is 3. The van der Waals surface area contributed by atoms with Crippen LogP contribution in [0, 0.1) is 20.8 Å². The summed E-state index contributed by atoms with van der Waals surface area (Å²) >= 11 is 0. The maximum atomic E-state index is 13.4. The van der Waals surface area contributed by atoms with E-state index in [1.807, 2.05) is 68.4 Å². The van der Waals surface area contributed by atoms with Crippen LogP contribution in [-0.2, 0) is 13.0 Å². The molecule has 0 atom stereocenters. The third kappa shape index (κ3) is 4.20. The van der Waals surface area contributed by atoms with E-state index >= 15 is 0 Å². The lowest BCUT2D eigenvalue weighted by atomic mass is 10.1. The van der Waals surface area contributed by atoms with Crippen molar-refractivity contribution < 1.29 is 9.52 Å². The van der Waals surface area contributed by atoms with Crippen molar-refractivity contribution in [2.24, 2.45) is 0 Å². The highest BCUT2D eigenvalue weighted by Crippen LogP contribution is 2.24. The molecule has 6 heteroatoms. The summed E-state index contributed by atoms with van der Waals surface area (Å²) in [7, 11) is 0. The minimum absolute atomic E-state index is 0.108. The van der Waals surface area contributed by atoms with E-state index in [0.29, 0.717) is 34.4 Å². The number of oxazole rings is 1. The van der Waals surface area contributed by atoms with Gasteiger partial charge >= 0.3 is 0 Å². The molecule has 0 spiro atoms. The lowest BCUT2D eigenvalue weighted by molar-refractivity contribution is 0.298. The molecule has 4 rings (SSSR count). The fourth-order valence-corrected chi connectivity index (χ4v) is 3.68.